The Hall–Kier alpha value is -0.560. The van der Waals surface area contributed by atoms with Crippen molar-refractivity contribution in [1.29, 1.82) is 0 Å². The van der Waals surface area contributed by atoms with Crippen LogP contribution >= 0.6 is 11.3 Å². The van der Waals surface area contributed by atoms with Crippen LogP contribution in [0.1, 0.15) is 36.6 Å². The highest BCUT2D eigenvalue weighted by Gasteiger charge is 2.15. The molecule has 0 amide bonds. The standard InChI is InChI=1S/C10H12S/c1-7-5-8(2)9-3-4-11-10(9)6-7/h3-4,6,8H,5H2,1-2H3. The SMILES string of the molecule is CC1=Cc2sccc2C(C)C1. The van der Waals surface area contributed by atoms with Gasteiger partial charge in [0.1, 0.15) is 0 Å². The average molecular weight is 164 g/mol. The molecule has 1 atom stereocenters. The van der Waals surface area contributed by atoms with Crippen LogP contribution in [0.2, 0.25) is 0 Å². The van der Waals surface area contributed by atoms with Crippen LogP contribution in [-0.2, 0) is 0 Å². The van der Waals surface area contributed by atoms with Crippen LogP contribution in [-0.4, -0.2) is 0 Å². The van der Waals surface area contributed by atoms with Gasteiger partial charge in [-0.05, 0) is 42.3 Å². The molecule has 1 unspecified atom stereocenters. The highest BCUT2D eigenvalue weighted by atomic mass is 32.1. The number of allylic oxidation sites excluding steroid dienone is 1. The van der Waals surface area contributed by atoms with Gasteiger partial charge in [0, 0.05) is 4.88 Å². The summed E-state index contributed by atoms with van der Waals surface area (Å²) in [7, 11) is 0. The van der Waals surface area contributed by atoms with Gasteiger partial charge in [0.25, 0.3) is 0 Å². The molecule has 0 radical (unpaired) electrons. The minimum Gasteiger partial charge on any atom is -0.144 e. The van der Waals surface area contributed by atoms with E-state index in [0.29, 0.717) is 0 Å². The third kappa shape index (κ3) is 1.14. The van der Waals surface area contributed by atoms with Crippen molar-refractivity contribution in [3.8, 4) is 0 Å². The lowest BCUT2D eigenvalue weighted by atomic mass is 9.90. The predicted octanol–water partition coefficient (Wildman–Crippen LogP) is 3.66. The summed E-state index contributed by atoms with van der Waals surface area (Å²) < 4.78 is 0. The van der Waals surface area contributed by atoms with Crippen molar-refractivity contribution < 1.29 is 0 Å². The van der Waals surface area contributed by atoms with Crippen LogP contribution in [0.15, 0.2) is 17.0 Å². The minimum atomic E-state index is 0.737. The van der Waals surface area contributed by atoms with Gasteiger partial charge in [0.15, 0.2) is 0 Å². The van der Waals surface area contributed by atoms with Gasteiger partial charge in [-0.2, -0.15) is 0 Å². The fourth-order valence-corrected chi connectivity index (χ4v) is 2.77. The van der Waals surface area contributed by atoms with Crippen LogP contribution in [0.25, 0.3) is 6.08 Å². The molecule has 1 aromatic heterocycles. The Kier molecular flexibility index (Phi) is 1.61. The lowest BCUT2D eigenvalue weighted by Gasteiger charge is -2.16. The van der Waals surface area contributed by atoms with Gasteiger partial charge < -0.3 is 0 Å². The molecule has 1 heterocycles. The third-order valence-corrected chi connectivity index (χ3v) is 3.14. The summed E-state index contributed by atoms with van der Waals surface area (Å²) >= 11 is 1.86. The lowest BCUT2D eigenvalue weighted by Crippen LogP contribution is -1.98. The fraction of sp³-hybridized carbons (Fsp3) is 0.400. The van der Waals surface area contributed by atoms with Crippen molar-refractivity contribution in [3.05, 3.63) is 27.5 Å². The Balaban J connectivity index is 2.51. The molecule has 2 rings (SSSR count). The Morgan fingerprint density at radius 2 is 2.36 bits per heavy atom. The van der Waals surface area contributed by atoms with E-state index in [1.807, 2.05) is 11.3 Å². The second-order valence-corrected chi connectivity index (χ2v) is 4.28. The fourth-order valence-electron chi connectivity index (χ4n) is 1.73. The van der Waals surface area contributed by atoms with Crippen molar-refractivity contribution in [3.63, 3.8) is 0 Å². The van der Waals surface area contributed by atoms with Crippen LogP contribution in [0.5, 0.6) is 0 Å². The Bertz CT molecular complexity index is 294. The van der Waals surface area contributed by atoms with Crippen LogP contribution < -0.4 is 0 Å². The molecule has 1 aliphatic rings. The van der Waals surface area contributed by atoms with Gasteiger partial charge in [-0.25, -0.2) is 0 Å². The summed E-state index contributed by atoms with van der Waals surface area (Å²) in [5.41, 5.74) is 3.06. The summed E-state index contributed by atoms with van der Waals surface area (Å²) in [6, 6.07) is 2.26. The molecule has 58 valence electrons. The average Bonchev–Trinajstić information content (AvgIpc) is 2.34. The first kappa shape index (κ1) is 7.11. The van der Waals surface area contributed by atoms with E-state index >= 15 is 0 Å². The maximum atomic E-state index is 2.32. The highest BCUT2D eigenvalue weighted by Crippen LogP contribution is 2.35. The number of hydrogen-bond acceptors (Lipinski definition) is 1. The van der Waals surface area contributed by atoms with E-state index in [1.165, 1.54) is 16.9 Å². The minimum absolute atomic E-state index is 0.737. The molecule has 1 aliphatic carbocycles. The largest absolute Gasteiger partial charge is 0.144 e. The van der Waals surface area contributed by atoms with Gasteiger partial charge in [-0.3, -0.25) is 0 Å². The molecule has 1 heteroatoms. The first-order valence-electron chi connectivity index (χ1n) is 4.02. The van der Waals surface area contributed by atoms with Crippen molar-refractivity contribution >= 4 is 17.4 Å². The van der Waals surface area contributed by atoms with E-state index in [1.54, 1.807) is 5.56 Å². The Morgan fingerprint density at radius 1 is 1.55 bits per heavy atom. The molecule has 0 nitrogen and oxygen atoms in total. The van der Waals surface area contributed by atoms with Crippen molar-refractivity contribution in [2.75, 3.05) is 0 Å². The molecule has 0 fully saturated rings. The Labute approximate surface area is 71.6 Å². The molecule has 0 saturated carbocycles. The van der Waals surface area contributed by atoms with Crippen LogP contribution in [0, 0.1) is 0 Å². The molecule has 0 aliphatic heterocycles. The Morgan fingerprint density at radius 3 is 3.18 bits per heavy atom. The quantitative estimate of drug-likeness (QED) is 0.549. The first-order valence-corrected chi connectivity index (χ1v) is 4.90. The zero-order valence-electron chi connectivity index (χ0n) is 6.92. The van der Waals surface area contributed by atoms with E-state index in [-0.39, 0.29) is 0 Å². The summed E-state index contributed by atoms with van der Waals surface area (Å²) in [5.74, 6) is 0.737. The zero-order chi connectivity index (χ0) is 7.84. The summed E-state index contributed by atoms with van der Waals surface area (Å²) in [5, 5.41) is 2.19. The van der Waals surface area contributed by atoms with E-state index in [9.17, 15) is 0 Å². The molecular formula is C10H12S. The van der Waals surface area contributed by atoms with Crippen molar-refractivity contribution in [1.82, 2.24) is 0 Å². The maximum absolute atomic E-state index is 2.32. The monoisotopic (exact) mass is 164 g/mol. The van der Waals surface area contributed by atoms with E-state index in [2.05, 4.69) is 31.4 Å². The van der Waals surface area contributed by atoms with Crippen molar-refractivity contribution in [2.24, 2.45) is 0 Å². The van der Waals surface area contributed by atoms with Crippen molar-refractivity contribution in [2.45, 2.75) is 26.2 Å². The van der Waals surface area contributed by atoms with Crippen LogP contribution in [0.4, 0.5) is 0 Å². The highest BCUT2D eigenvalue weighted by molar-refractivity contribution is 7.11. The van der Waals surface area contributed by atoms with Gasteiger partial charge in [0.05, 0.1) is 0 Å². The van der Waals surface area contributed by atoms with Gasteiger partial charge in [0.2, 0.25) is 0 Å². The number of rotatable bonds is 0. The smallest absolute Gasteiger partial charge is 0.0304 e. The molecule has 0 aromatic carbocycles. The second kappa shape index (κ2) is 2.49. The van der Waals surface area contributed by atoms with Gasteiger partial charge in [-0.1, -0.05) is 12.5 Å². The molecule has 0 saturated heterocycles. The van der Waals surface area contributed by atoms with Crippen LogP contribution in [0.3, 0.4) is 0 Å². The molecule has 0 bridgehead atoms. The topological polar surface area (TPSA) is 0 Å². The number of thiophene rings is 1. The van der Waals surface area contributed by atoms with E-state index in [4.69, 9.17) is 0 Å². The lowest BCUT2D eigenvalue weighted by molar-refractivity contribution is 0.747. The second-order valence-electron chi connectivity index (χ2n) is 3.34. The zero-order valence-corrected chi connectivity index (χ0v) is 7.74. The first-order chi connectivity index (χ1) is 5.27. The summed E-state index contributed by atoms with van der Waals surface area (Å²) in [6.45, 7) is 4.53. The summed E-state index contributed by atoms with van der Waals surface area (Å²) in [6.07, 6.45) is 3.56. The van der Waals surface area contributed by atoms with E-state index in [0.717, 1.165) is 5.92 Å². The summed E-state index contributed by atoms with van der Waals surface area (Å²) in [4.78, 5) is 1.47. The molecule has 11 heavy (non-hydrogen) atoms. The molecule has 0 N–H and O–H groups in total. The maximum Gasteiger partial charge on any atom is 0.0304 e. The molecular weight excluding hydrogens is 152 g/mol. The normalized spacial score (nSPS) is 22.7. The predicted molar refractivity (Wildman–Crippen MR) is 51.0 cm³/mol. The van der Waals surface area contributed by atoms with Gasteiger partial charge in [-0.15, -0.1) is 11.3 Å². The van der Waals surface area contributed by atoms with E-state index < -0.39 is 0 Å². The molecule has 1 aromatic rings. The van der Waals surface area contributed by atoms with Gasteiger partial charge >= 0.3 is 0 Å². The molecule has 0 spiro atoms. The number of fused-ring (bicyclic) bond motifs is 1. The third-order valence-electron chi connectivity index (χ3n) is 2.26. The number of hydrogen-bond donors (Lipinski definition) is 0.